The van der Waals surface area contributed by atoms with E-state index in [4.69, 9.17) is 14.2 Å². The third kappa shape index (κ3) is 9.26. The van der Waals surface area contributed by atoms with Crippen molar-refractivity contribution in [3.63, 3.8) is 0 Å². The first-order chi connectivity index (χ1) is 8.61. The Morgan fingerprint density at radius 2 is 1.94 bits per heavy atom. The van der Waals surface area contributed by atoms with E-state index in [1.165, 1.54) is 6.92 Å². The van der Waals surface area contributed by atoms with Gasteiger partial charge in [0.1, 0.15) is 12.6 Å². The molecule has 18 heavy (non-hydrogen) atoms. The molecule has 0 saturated heterocycles. The number of rotatable bonds is 10. The lowest BCUT2D eigenvalue weighted by Gasteiger charge is -2.14. The van der Waals surface area contributed by atoms with Gasteiger partial charge in [0.2, 0.25) is 5.91 Å². The van der Waals surface area contributed by atoms with Crippen LogP contribution in [0.25, 0.3) is 0 Å². The molecule has 0 aromatic rings. The van der Waals surface area contributed by atoms with Crippen molar-refractivity contribution in [2.75, 3.05) is 39.3 Å². The highest BCUT2D eigenvalue weighted by molar-refractivity contribution is 7.80. The number of nitrogens with one attached hydrogen (secondary N) is 1. The van der Waals surface area contributed by atoms with Crippen molar-refractivity contribution in [1.29, 1.82) is 0 Å². The Kier molecular flexibility index (Phi) is 10.8. The molecule has 0 saturated carbocycles. The van der Waals surface area contributed by atoms with Crippen LogP contribution in [0.5, 0.6) is 0 Å². The molecular weight excluding hydrogens is 258 g/mol. The van der Waals surface area contributed by atoms with E-state index in [1.807, 2.05) is 0 Å². The number of ether oxygens (including phenoxy) is 3. The molecule has 0 heterocycles. The predicted molar refractivity (Wildman–Crippen MR) is 69.7 cm³/mol. The maximum atomic E-state index is 11.5. The van der Waals surface area contributed by atoms with Crippen molar-refractivity contribution < 1.29 is 23.8 Å². The fourth-order valence-corrected chi connectivity index (χ4v) is 1.37. The Bertz CT molecular complexity index is 250. The topological polar surface area (TPSA) is 73.9 Å². The molecule has 106 valence electrons. The minimum atomic E-state index is -0.709. The number of hydrogen-bond acceptors (Lipinski definition) is 6. The molecule has 1 amide bonds. The number of methoxy groups -OCH3 is 1. The van der Waals surface area contributed by atoms with Gasteiger partial charge < -0.3 is 19.5 Å². The molecule has 0 aliphatic carbocycles. The Hall–Kier alpha value is -0.790. The van der Waals surface area contributed by atoms with Crippen LogP contribution >= 0.6 is 12.6 Å². The van der Waals surface area contributed by atoms with E-state index in [0.717, 1.165) is 6.42 Å². The Balaban J connectivity index is 3.59. The average Bonchev–Trinajstić information content (AvgIpc) is 2.34. The molecule has 0 bridgehead atoms. The van der Waals surface area contributed by atoms with E-state index < -0.39 is 12.0 Å². The van der Waals surface area contributed by atoms with E-state index in [-0.39, 0.29) is 18.3 Å². The first kappa shape index (κ1) is 17.2. The first-order valence-corrected chi connectivity index (χ1v) is 6.36. The van der Waals surface area contributed by atoms with Crippen molar-refractivity contribution in [3.05, 3.63) is 0 Å². The molecule has 7 heteroatoms. The molecule has 0 spiro atoms. The summed E-state index contributed by atoms with van der Waals surface area (Å²) in [7, 11) is 1.63. The minimum Gasteiger partial charge on any atom is -0.462 e. The molecule has 0 rings (SSSR count). The normalized spacial score (nSPS) is 11.9. The van der Waals surface area contributed by atoms with Crippen LogP contribution < -0.4 is 5.32 Å². The molecule has 0 aromatic heterocycles. The summed E-state index contributed by atoms with van der Waals surface area (Å²) in [5, 5.41) is 2.45. The van der Waals surface area contributed by atoms with Crippen molar-refractivity contribution in [3.8, 4) is 0 Å². The number of carbonyl (C=O) groups is 2. The molecule has 6 nitrogen and oxygen atoms in total. The van der Waals surface area contributed by atoms with E-state index >= 15 is 0 Å². The molecule has 0 aliphatic rings. The maximum Gasteiger partial charge on any atom is 0.329 e. The monoisotopic (exact) mass is 279 g/mol. The van der Waals surface area contributed by atoms with Gasteiger partial charge in [-0.1, -0.05) is 0 Å². The van der Waals surface area contributed by atoms with Crippen molar-refractivity contribution >= 4 is 24.5 Å². The van der Waals surface area contributed by atoms with Gasteiger partial charge >= 0.3 is 5.97 Å². The fraction of sp³-hybridized carbons (Fsp3) is 0.818. The van der Waals surface area contributed by atoms with Crippen LogP contribution in [0.1, 0.15) is 13.3 Å². The van der Waals surface area contributed by atoms with E-state index in [0.29, 0.717) is 19.8 Å². The van der Waals surface area contributed by atoms with Crippen molar-refractivity contribution in [2.45, 2.75) is 19.4 Å². The Labute approximate surface area is 113 Å². The fourth-order valence-electron chi connectivity index (χ4n) is 1.13. The molecule has 0 fully saturated rings. The highest BCUT2D eigenvalue weighted by Gasteiger charge is 2.18. The summed E-state index contributed by atoms with van der Waals surface area (Å²) < 4.78 is 15.0. The lowest BCUT2D eigenvalue weighted by molar-refractivity contribution is -0.148. The molecule has 1 atom stereocenters. The zero-order chi connectivity index (χ0) is 13.8. The third-order valence-electron chi connectivity index (χ3n) is 1.95. The average molecular weight is 279 g/mol. The van der Waals surface area contributed by atoms with Crippen LogP contribution in [0.2, 0.25) is 0 Å². The maximum absolute atomic E-state index is 11.5. The number of amides is 1. The summed E-state index contributed by atoms with van der Waals surface area (Å²) in [6, 6.07) is -0.709. The third-order valence-corrected chi connectivity index (χ3v) is 2.32. The number of hydrogen-bond donors (Lipinski definition) is 2. The standard InChI is InChI=1S/C11H21NO5S/c1-9(13)12-10(8-18)11(14)17-7-6-16-5-3-4-15-2/h10,18H,3-8H2,1-2H3,(H,12,13)/t10-/m0/s1. The van der Waals surface area contributed by atoms with Gasteiger partial charge in [-0.3, -0.25) is 4.79 Å². The lowest BCUT2D eigenvalue weighted by atomic mass is 10.3. The van der Waals surface area contributed by atoms with Gasteiger partial charge in [0.25, 0.3) is 0 Å². The SMILES string of the molecule is COCCCOCCOC(=O)[C@H](CS)NC(C)=O. The lowest BCUT2D eigenvalue weighted by Crippen LogP contribution is -2.42. The molecule has 0 radical (unpaired) electrons. The highest BCUT2D eigenvalue weighted by atomic mass is 32.1. The number of esters is 1. The molecule has 0 unspecified atom stereocenters. The van der Waals surface area contributed by atoms with Crippen LogP contribution in [-0.2, 0) is 23.8 Å². The van der Waals surface area contributed by atoms with E-state index in [1.54, 1.807) is 7.11 Å². The van der Waals surface area contributed by atoms with Crippen LogP contribution in [0, 0.1) is 0 Å². The van der Waals surface area contributed by atoms with Crippen LogP contribution in [0.3, 0.4) is 0 Å². The second-order valence-corrected chi connectivity index (χ2v) is 3.93. The molecular formula is C11H21NO5S. The number of thiol groups is 1. The Morgan fingerprint density at radius 3 is 2.50 bits per heavy atom. The van der Waals surface area contributed by atoms with Gasteiger partial charge in [-0.2, -0.15) is 12.6 Å². The summed E-state index contributed by atoms with van der Waals surface area (Å²) in [5.41, 5.74) is 0. The molecule has 0 aliphatic heterocycles. The summed E-state index contributed by atoms with van der Waals surface area (Å²) in [6.07, 6.45) is 0.801. The molecule has 0 aromatic carbocycles. The van der Waals surface area contributed by atoms with Gasteiger partial charge in [-0.25, -0.2) is 4.79 Å². The summed E-state index contributed by atoms with van der Waals surface area (Å²) in [4.78, 5) is 22.3. The minimum absolute atomic E-state index is 0.162. The largest absolute Gasteiger partial charge is 0.462 e. The van der Waals surface area contributed by atoms with Crippen LogP contribution in [0.15, 0.2) is 0 Å². The summed E-state index contributed by atoms with van der Waals surface area (Å²) in [6.45, 7) is 3.03. The van der Waals surface area contributed by atoms with E-state index in [2.05, 4.69) is 17.9 Å². The van der Waals surface area contributed by atoms with Gasteiger partial charge in [-0.05, 0) is 6.42 Å². The number of carbonyl (C=O) groups excluding carboxylic acids is 2. The summed E-state index contributed by atoms with van der Waals surface area (Å²) in [5.74, 6) is -0.588. The van der Waals surface area contributed by atoms with Crippen LogP contribution in [0.4, 0.5) is 0 Å². The van der Waals surface area contributed by atoms with E-state index in [9.17, 15) is 9.59 Å². The zero-order valence-corrected chi connectivity index (χ0v) is 11.7. The van der Waals surface area contributed by atoms with Gasteiger partial charge in [0.05, 0.1) is 6.61 Å². The highest BCUT2D eigenvalue weighted by Crippen LogP contribution is 1.93. The summed E-state index contributed by atoms with van der Waals surface area (Å²) >= 11 is 3.97. The van der Waals surface area contributed by atoms with Crippen molar-refractivity contribution in [2.24, 2.45) is 0 Å². The van der Waals surface area contributed by atoms with Gasteiger partial charge in [0, 0.05) is 33.0 Å². The van der Waals surface area contributed by atoms with Gasteiger partial charge in [0.15, 0.2) is 0 Å². The van der Waals surface area contributed by atoms with Gasteiger partial charge in [-0.15, -0.1) is 0 Å². The first-order valence-electron chi connectivity index (χ1n) is 5.73. The second-order valence-electron chi connectivity index (χ2n) is 3.56. The molecule has 1 N–H and O–H groups in total. The van der Waals surface area contributed by atoms with Crippen LogP contribution in [-0.4, -0.2) is 57.2 Å². The second kappa shape index (κ2) is 11.3. The predicted octanol–water partition coefficient (Wildman–Crippen LogP) is 0.0172. The van der Waals surface area contributed by atoms with Crippen molar-refractivity contribution in [1.82, 2.24) is 5.32 Å². The quantitative estimate of drug-likeness (QED) is 0.335. The Morgan fingerprint density at radius 1 is 1.22 bits per heavy atom. The zero-order valence-electron chi connectivity index (χ0n) is 10.8. The smallest absolute Gasteiger partial charge is 0.329 e.